The predicted octanol–water partition coefficient (Wildman–Crippen LogP) is 1.21. The monoisotopic (exact) mass is 208 g/mol. The second-order valence-corrected chi connectivity index (χ2v) is 4.62. The molecule has 0 radical (unpaired) electrons. The molecule has 1 amide bonds. The van der Waals surface area contributed by atoms with Crippen LogP contribution in [0.3, 0.4) is 0 Å². The van der Waals surface area contributed by atoms with Crippen LogP contribution in [-0.4, -0.2) is 25.0 Å². The summed E-state index contributed by atoms with van der Waals surface area (Å²) in [6.45, 7) is 1.46. The molecule has 0 heterocycles. The molecule has 0 aromatic heterocycles. The third kappa shape index (κ3) is 4.04. The van der Waals surface area contributed by atoms with Crippen molar-refractivity contribution in [1.82, 2.24) is 10.6 Å². The van der Waals surface area contributed by atoms with Crippen LogP contribution in [0.4, 0.5) is 0 Å². The van der Waals surface area contributed by atoms with Gasteiger partial charge in [0.15, 0.2) is 0 Å². The Morgan fingerprint density at radius 3 is 2.80 bits per heavy atom. The van der Waals surface area contributed by atoms with Crippen molar-refractivity contribution >= 4 is 5.91 Å². The zero-order valence-corrected chi connectivity index (χ0v) is 9.17. The van der Waals surface area contributed by atoms with E-state index in [0.717, 1.165) is 18.9 Å². The van der Waals surface area contributed by atoms with Crippen molar-refractivity contribution < 1.29 is 4.79 Å². The summed E-state index contributed by atoms with van der Waals surface area (Å²) in [6.07, 6.45) is 10.4. The van der Waals surface area contributed by atoms with Crippen LogP contribution in [0.2, 0.25) is 0 Å². The highest BCUT2D eigenvalue weighted by Crippen LogP contribution is 2.18. The maximum absolute atomic E-state index is 11.3. The van der Waals surface area contributed by atoms with Crippen LogP contribution in [0.1, 0.15) is 32.1 Å². The van der Waals surface area contributed by atoms with Crippen LogP contribution < -0.4 is 10.6 Å². The molecule has 2 rings (SSSR count). The smallest absolute Gasteiger partial charge is 0.234 e. The van der Waals surface area contributed by atoms with Gasteiger partial charge in [-0.05, 0) is 44.6 Å². The van der Waals surface area contributed by atoms with E-state index in [4.69, 9.17) is 0 Å². The van der Waals surface area contributed by atoms with E-state index in [1.165, 1.54) is 25.7 Å². The molecule has 1 saturated carbocycles. The topological polar surface area (TPSA) is 41.1 Å². The fourth-order valence-corrected chi connectivity index (χ4v) is 1.94. The lowest BCUT2D eigenvalue weighted by Gasteiger charge is -2.17. The largest absolute Gasteiger partial charge is 0.352 e. The normalized spacial score (nSPS) is 25.2. The molecule has 1 atom stereocenters. The van der Waals surface area contributed by atoms with Crippen LogP contribution in [0, 0.1) is 5.92 Å². The molecule has 15 heavy (non-hydrogen) atoms. The van der Waals surface area contributed by atoms with Gasteiger partial charge in [0.05, 0.1) is 6.54 Å². The molecule has 1 fully saturated rings. The van der Waals surface area contributed by atoms with Crippen molar-refractivity contribution in [2.75, 3.05) is 13.1 Å². The number of amides is 1. The van der Waals surface area contributed by atoms with E-state index >= 15 is 0 Å². The van der Waals surface area contributed by atoms with Gasteiger partial charge in [-0.1, -0.05) is 12.2 Å². The Labute approximate surface area is 91.3 Å². The molecule has 0 aromatic rings. The summed E-state index contributed by atoms with van der Waals surface area (Å²) < 4.78 is 0. The molecule has 0 spiro atoms. The Morgan fingerprint density at radius 2 is 2.13 bits per heavy atom. The minimum absolute atomic E-state index is 0.156. The number of allylic oxidation sites excluding steroid dienone is 2. The van der Waals surface area contributed by atoms with Crippen LogP contribution in [0.15, 0.2) is 12.2 Å². The van der Waals surface area contributed by atoms with Gasteiger partial charge in [0.25, 0.3) is 0 Å². The number of nitrogens with one attached hydrogen (secondary N) is 2. The van der Waals surface area contributed by atoms with Crippen molar-refractivity contribution in [3.05, 3.63) is 12.2 Å². The Balaban J connectivity index is 1.53. The van der Waals surface area contributed by atoms with Crippen LogP contribution in [-0.2, 0) is 4.79 Å². The lowest BCUT2D eigenvalue weighted by atomic mass is 9.94. The standard InChI is InChI=1S/C12H20N2O/c15-12(14-11-6-7-11)9-13-8-10-4-2-1-3-5-10/h1-2,10-11,13H,3-9H2,(H,14,15). The molecule has 1 unspecified atom stereocenters. The van der Waals surface area contributed by atoms with E-state index in [1.807, 2.05) is 0 Å². The second-order valence-electron chi connectivity index (χ2n) is 4.62. The van der Waals surface area contributed by atoms with Gasteiger partial charge in [0, 0.05) is 6.04 Å². The Hall–Kier alpha value is -0.830. The highest BCUT2D eigenvalue weighted by Gasteiger charge is 2.22. The van der Waals surface area contributed by atoms with Gasteiger partial charge in [-0.25, -0.2) is 0 Å². The quantitative estimate of drug-likeness (QED) is 0.667. The average Bonchev–Trinajstić information content (AvgIpc) is 3.03. The van der Waals surface area contributed by atoms with E-state index in [0.29, 0.717) is 12.6 Å². The van der Waals surface area contributed by atoms with Crippen molar-refractivity contribution in [2.45, 2.75) is 38.1 Å². The fourth-order valence-electron chi connectivity index (χ4n) is 1.94. The molecule has 0 bridgehead atoms. The third-order valence-corrected chi connectivity index (χ3v) is 3.04. The average molecular weight is 208 g/mol. The van der Waals surface area contributed by atoms with Gasteiger partial charge in [-0.15, -0.1) is 0 Å². The van der Waals surface area contributed by atoms with Crippen molar-refractivity contribution in [1.29, 1.82) is 0 Å². The van der Waals surface area contributed by atoms with E-state index in [2.05, 4.69) is 22.8 Å². The lowest BCUT2D eigenvalue weighted by molar-refractivity contribution is -0.120. The van der Waals surface area contributed by atoms with E-state index in [-0.39, 0.29) is 5.91 Å². The minimum atomic E-state index is 0.156. The second kappa shape index (κ2) is 5.31. The number of rotatable bonds is 5. The predicted molar refractivity (Wildman–Crippen MR) is 60.5 cm³/mol. The first-order valence-corrected chi connectivity index (χ1v) is 5.99. The van der Waals surface area contributed by atoms with Crippen molar-refractivity contribution in [3.63, 3.8) is 0 Å². The van der Waals surface area contributed by atoms with Gasteiger partial charge in [-0.3, -0.25) is 4.79 Å². The molecule has 3 nitrogen and oxygen atoms in total. The summed E-state index contributed by atoms with van der Waals surface area (Å²) in [6, 6.07) is 0.483. The first-order valence-electron chi connectivity index (χ1n) is 5.99. The highest BCUT2D eigenvalue weighted by molar-refractivity contribution is 5.78. The Morgan fingerprint density at radius 1 is 1.27 bits per heavy atom. The van der Waals surface area contributed by atoms with Gasteiger partial charge in [0.2, 0.25) is 5.91 Å². The molecule has 2 aliphatic carbocycles. The molecule has 3 heteroatoms. The van der Waals surface area contributed by atoms with Crippen molar-refractivity contribution in [2.24, 2.45) is 5.92 Å². The van der Waals surface area contributed by atoms with Gasteiger partial charge < -0.3 is 10.6 Å². The zero-order valence-electron chi connectivity index (χ0n) is 9.17. The lowest BCUT2D eigenvalue weighted by Crippen LogP contribution is -2.37. The highest BCUT2D eigenvalue weighted by atomic mass is 16.2. The fraction of sp³-hybridized carbons (Fsp3) is 0.750. The van der Waals surface area contributed by atoms with Gasteiger partial charge in [-0.2, -0.15) is 0 Å². The van der Waals surface area contributed by atoms with E-state index < -0.39 is 0 Å². The summed E-state index contributed by atoms with van der Waals surface area (Å²) in [5, 5.41) is 6.22. The molecule has 2 N–H and O–H groups in total. The number of carbonyl (C=O) groups excluding carboxylic acids is 1. The van der Waals surface area contributed by atoms with Gasteiger partial charge >= 0.3 is 0 Å². The molecular weight excluding hydrogens is 188 g/mol. The summed E-state index contributed by atoms with van der Waals surface area (Å²) in [5.41, 5.74) is 0. The molecular formula is C12H20N2O. The third-order valence-electron chi connectivity index (χ3n) is 3.04. The zero-order chi connectivity index (χ0) is 10.5. The SMILES string of the molecule is O=C(CNCC1CC=CCC1)NC1CC1. The maximum atomic E-state index is 11.3. The summed E-state index contributed by atoms with van der Waals surface area (Å²) in [5.74, 6) is 0.882. The van der Waals surface area contributed by atoms with E-state index in [9.17, 15) is 4.79 Å². The van der Waals surface area contributed by atoms with Crippen molar-refractivity contribution in [3.8, 4) is 0 Å². The number of carbonyl (C=O) groups is 1. The number of hydrogen-bond acceptors (Lipinski definition) is 2. The summed E-state index contributed by atoms with van der Waals surface area (Å²) in [7, 11) is 0. The maximum Gasteiger partial charge on any atom is 0.234 e. The van der Waals surface area contributed by atoms with E-state index in [1.54, 1.807) is 0 Å². The first kappa shape index (κ1) is 10.7. The van der Waals surface area contributed by atoms with Crippen LogP contribution in [0.25, 0.3) is 0 Å². The minimum Gasteiger partial charge on any atom is -0.352 e. The van der Waals surface area contributed by atoms with Crippen LogP contribution in [0.5, 0.6) is 0 Å². The molecule has 0 saturated heterocycles. The number of hydrogen-bond donors (Lipinski definition) is 2. The van der Waals surface area contributed by atoms with Crippen LogP contribution >= 0.6 is 0 Å². The first-order chi connectivity index (χ1) is 7.34. The van der Waals surface area contributed by atoms with Gasteiger partial charge in [0.1, 0.15) is 0 Å². The summed E-state index contributed by atoms with van der Waals surface area (Å²) in [4.78, 5) is 11.3. The molecule has 0 aliphatic heterocycles. The Bertz CT molecular complexity index is 246. The summed E-state index contributed by atoms with van der Waals surface area (Å²) >= 11 is 0. The Kier molecular flexibility index (Phi) is 3.78. The molecule has 2 aliphatic rings. The molecule has 0 aromatic carbocycles. The molecule has 84 valence electrons.